The van der Waals surface area contributed by atoms with E-state index in [9.17, 15) is 4.79 Å². The van der Waals surface area contributed by atoms with E-state index in [0.29, 0.717) is 6.42 Å². The first kappa shape index (κ1) is 13.6. The van der Waals surface area contributed by atoms with Crippen LogP contribution in [-0.2, 0) is 11.2 Å². The highest BCUT2D eigenvalue weighted by Gasteiger charge is 2.21. The molecular weight excluding hydrogens is 254 g/mol. The number of carbonyl (C=O) groups is 1. The standard InChI is InChI=1S/C16H21NO3/c1-12-10-14-11-13(2-3-16(14)20-12)15(18)4-5-17-6-8-19-9-7-17/h2-3,11-12H,4-10H2,1H3/p+1. The summed E-state index contributed by atoms with van der Waals surface area (Å²) in [4.78, 5) is 13.8. The maximum Gasteiger partial charge on any atom is 0.168 e. The Labute approximate surface area is 119 Å². The van der Waals surface area contributed by atoms with Crippen LogP contribution in [0.3, 0.4) is 0 Å². The Morgan fingerprint density at radius 3 is 2.95 bits per heavy atom. The highest BCUT2D eigenvalue weighted by molar-refractivity contribution is 5.96. The van der Waals surface area contributed by atoms with Crippen molar-refractivity contribution in [2.75, 3.05) is 32.8 Å². The van der Waals surface area contributed by atoms with E-state index in [1.165, 1.54) is 10.5 Å². The molecule has 1 saturated heterocycles. The Hall–Kier alpha value is -1.39. The zero-order valence-electron chi connectivity index (χ0n) is 12.0. The molecule has 1 unspecified atom stereocenters. The van der Waals surface area contributed by atoms with Crippen molar-refractivity contribution >= 4 is 5.78 Å². The number of morpholine rings is 1. The van der Waals surface area contributed by atoms with Crippen LogP contribution in [0.5, 0.6) is 5.75 Å². The van der Waals surface area contributed by atoms with Gasteiger partial charge in [-0.2, -0.15) is 0 Å². The molecule has 1 atom stereocenters. The lowest BCUT2D eigenvalue weighted by atomic mass is 10.0. The number of fused-ring (bicyclic) bond motifs is 1. The zero-order chi connectivity index (χ0) is 13.9. The Morgan fingerprint density at radius 2 is 2.15 bits per heavy atom. The van der Waals surface area contributed by atoms with Crippen LogP contribution in [-0.4, -0.2) is 44.7 Å². The van der Waals surface area contributed by atoms with E-state index in [1.54, 1.807) is 0 Å². The molecule has 1 fully saturated rings. The molecule has 108 valence electrons. The van der Waals surface area contributed by atoms with Gasteiger partial charge in [-0.05, 0) is 30.7 Å². The number of carbonyl (C=O) groups excluding carboxylic acids is 1. The van der Waals surface area contributed by atoms with Crippen molar-refractivity contribution in [2.45, 2.75) is 25.9 Å². The summed E-state index contributed by atoms with van der Waals surface area (Å²) in [6.07, 6.45) is 1.75. The minimum Gasteiger partial charge on any atom is -0.490 e. The topological polar surface area (TPSA) is 40.0 Å². The first-order chi connectivity index (χ1) is 9.72. The fourth-order valence-corrected chi connectivity index (χ4v) is 2.94. The first-order valence-corrected chi connectivity index (χ1v) is 7.46. The smallest absolute Gasteiger partial charge is 0.168 e. The molecule has 20 heavy (non-hydrogen) atoms. The van der Waals surface area contributed by atoms with Gasteiger partial charge in [-0.1, -0.05) is 0 Å². The first-order valence-electron chi connectivity index (χ1n) is 7.46. The molecule has 2 aliphatic heterocycles. The van der Waals surface area contributed by atoms with Gasteiger partial charge < -0.3 is 14.4 Å². The molecule has 0 spiro atoms. The normalized spacial score (nSPS) is 22.4. The van der Waals surface area contributed by atoms with E-state index in [2.05, 4.69) is 6.92 Å². The second-order valence-corrected chi connectivity index (χ2v) is 5.74. The number of nitrogens with one attached hydrogen (secondary N) is 1. The number of ketones is 1. The van der Waals surface area contributed by atoms with Crippen LogP contribution in [0.15, 0.2) is 18.2 Å². The van der Waals surface area contributed by atoms with Crippen molar-refractivity contribution in [2.24, 2.45) is 0 Å². The molecule has 4 heteroatoms. The fourth-order valence-electron chi connectivity index (χ4n) is 2.94. The highest BCUT2D eigenvalue weighted by atomic mass is 16.5. The quantitative estimate of drug-likeness (QED) is 0.814. The second-order valence-electron chi connectivity index (χ2n) is 5.74. The molecule has 0 saturated carbocycles. The molecule has 1 N–H and O–H groups in total. The summed E-state index contributed by atoms with van der Waals surface area (Å²) in [5.74, 6) is 1.18. The summed E-state index contributed by atoms with van der Waals surface area (Å²) in [5, 5.41) is 0. The minimum absolute atomic E-state index is 0.230. The maximum atomic E-state index is 12.3. The number of rotatable bonds is 4. The van der Waals surface area contributed by atoms with Gasteiger partial charge in [0.15, 0.2) is 5.78 Å². The lowest BCUT2D eigenvalue weighted by molar-refractivity contribution is -0.907. The number of hydrogen-bond acceptors (Lipinski definition) is 3. The molecular formula is C16H22NO3+. The predicted molar refractivity (Wildman–Crippen MR) is 75.6 cm³/mol. The SMILES string of the molecule is CC1Cc2cc(C(=O)CC[NH+]3CCOCC3)ccc2O1. The molecule has 2 aliphatic rings. The van der Waals surface area contributed by atoms with Gasteiger partial charge in [0, 0.05) is 12.0 Å². The molecule has 0 aliphatic carbocycles. The van der Waals surface area contributed by atoms with Gasteiger partial charge in [-0.3, -0.25) is 4.79 Å². The Kier molecular flexibility index (Phi) is 4.03. The third-order valence-corrected chi connectivity index (χ3v) is 4.12. The average molecular weight is 276 g/mol. The summed E-state index contributed by atoms with van der Waals surface area (Å²) < 4.78 is 11.0. The van der Waals surface area contributed by atoms with Gasteiger partial charge >= 0.3 is 0 Å². The van der Waals surface area contributed by atoms with E-state index in [4.69, 9.17) is 9.47 Å². The molecule has 1 aromatic carbocycles. The summed E-state index contributed by atoms with van der Waals surface area (Å²) in [6.45, 7) is 6.64. The lowest BCUT2D eigenvalue weighted by Gasteiger charge is -2.23. The van der Waals surface area contributed by atoms with Crippen molar-refractivity contribution in [3.63, 3.8) is 0 Å². The molecule has 4 nitrogen and oxygen atoms in total. The van der Waals surface area contributed by atoms with Gasteiger partial charge in [0.2, 0.25) is 0 Å². The maximum absolute atomic E-state index is 12.3. The Bertz CT molecular complexity index is 494. The van der Waals surface area contributed by atoms with Crippen molar-refractivity contribution in [1.29, 1.82) is 0 Å². The number of benzene rings is 1. The molecule has 0 aromatic heterocycles. The van der Waals surface area contributed by atoms with Crippen molar-refractivity contribution < 1.29 is 19.2 Å². The van der Waals surface area contributed by atoms with Crippen molar-refractivity contribution in [3.05, 3.63) is 29.3 Å². The number of hydrogen-bond donors (Lipinski definition) is 1. The molecule has 3 rings (SSSR count). The van der Waals surface area contributed by atoms with Crippen molar-refractivity contribution in [1.82, 2.24) is 0 Å². The van der Waals surface area contributed by atoms with Gasteiger partial charge in [-0.15, -0.1) is 0 Å². The summed E-state index contributed by atoms with van der Waals surface area (Å²) in [5.41, 5.74) is 2.00. The van der Waals surface area contributed by atoms with E-state index in [0.717, 1.165) is 50.6 Å². The third-order valence-electron chi connectivity index (χ3n) is 4.12. The largest absolute Gasteiger partial charge is 0.490 e. The van der Waals surface area contributed by atoms with Crippen LogP contribution in [0.4, 0.5) is 0 Å². The van der Waals surface area contributed by atoms with Gasteiger partial charge in [0.25, 0.3) is 0 Å². The highest BCUT2D eigenvalue weighted by Crippen LogP contribution is 2.29. The Balaban J connectivity index is 1.58. The zero-order valence-corrected chi connectivity index (χ0v) is 12.0. The Morgan fingerprint density at radius 1 is 1.35 bits per heavy atom. The van der Waals surface area contributed by atoms with Crippen LogP contribution in [0, 0.1) is 0 Å². The molecule has 0 amide bonds. The van der Waals surface area contributed by atoms with Crippen LogP contribution in [0.1, 0.15) is 29.3 Å². The number of ether oxygens (including phenoxy) is 2. The lowest BCUT2D eigenvalue weighted by Crippen LogP contribution is -3.14. The summed E-state index contributed by atoms with van der Waals surface area (Å²) in [7, 11) is 0. The summed E-state index contributed by atoms with van der Waals surface area (Å²) >= 11 is 0. The molecule has 1 aromatic rings. The monoisotopic (exact) mass is 276 g/mol. The van der Waals surface area contributed by atoms with Crippen LogP contribution in [0.2, 0.25) is 0 Å². The van der Waals surface area contributed by atoms with E-state index >= 15 is 0 Å². The second kappa shape index (κ2) is 5.94. The molecule has 0 bridgehead atoms. The molecule has 2 heterocycles. The summed E-state index contributed by atoms with van der Waals surface area (Å²) in [6, 6.07) is 5.84. The average Bonchev–Trinajstić information content (AvgIpc) is 2.85. The van der Waals surface area contributed by atoms with Crippen LogP contribution in [0.25, 0.3) is 0 Å². The van der Waals surface area contributed by atoms with E-state index < -0.39 is 0 Å². The third kappa shape index (κ3) is 3.02. The van der Waals surface area contributed by atoms with Gasteiger partial charge in [0.05, 0.1) is 26.2 Å². The van der Waals surface area contributed by atoms with Gasteiger partial charge in [0.1, 0.15) is 24.9 Å². The number of Topliss-reactive ketones (excluding diaryl/α,β-unsaturated/α-hetero) is 1. The van der Waals surface area contributed by atoms with Crippen LogP contribution >= 0.6 is 0 Å². The van der Waals surface area contributed by atoms with Crippen molar-refractivity contribution in [3.8, 4) is 5.75 Å². The predicted octanol–water partition coefficient (Wildman–Crippen LogP) is 0.498. The van der Waals surface area contributed by atoms with E-state index in [-0.39, 0.29) is 11.9 Å². The molecule has 0 radical (unpaired) electrons. The van der Waals surface area contributed by atoms with Gasteiger partial charge in [-0.25, -0.2) is 0 Å². The van der Waals surface area contributed by atoms with E-state index in [1.807, 2.05) is 18.2 Å². The minimum atomic E-state index is 0.230. The number of quaternary nitrogens is 1. The fraction of sp³-hybridized carbons (Fsp3) is 0.562. The van der Waals surface area contributed by atoms with Crippen LogP contribution < -0.4 is 9.64 Å².